The molecule has 0 spiro atoms. The van der Waals surface area contributed by atoms with E-state index in [1.807, 2.05) is 0 Å². The van der Waals surface area contributed by atoms with Gasteiger partial charge in [0.1, 0.15) is 6.42 Å². The summed E-state index contributed by atoms with van der Waals surface area (Å²) in [5.41, 5.74) is 6.60. The maximum absolute atomic E-state index is 11.6. The molecule has 0 aliphatic carbocycles. The van der Waals surface area contributed by atoms with Gasteiger partial charge in [0.05, 0.1) is 0 Å². The van der Waals surface area contributed by atoms with E-state index < -0.39 is 5.91 Å². The predicted molar refractivity (Wildman–Crippen MR) is 66.9 cm³/mol. The number of rotatable bonds is 6. The number of nitrogens with one attached hydrogen (secondary N) is 1. The molecule has 3 amide bonds. The largest absolute Gasteiger partial charge is 0.369 e. The van der Waals surface area contributed by atoms with Crippen molar-refractivity contribution in [3.8, 4) is 0 Å². The Morgan fingerprint density at radius 1 is 1.26 bits per heavy atom. The molecule has 108 valence electrons. The number of nitrogens with zero attached hydrogens (tertiary/aromatic N) is 1. The lowest BCUT2D eigenvalue weighted by Crippen LogP contribution is -2.40. The van der Waals surface area contributed by atoms with Crippen molar-refractivity contribution in [1.82, 2.24) is 10.4 Å². The zero-order valence-corrected chi connectivity index (χ0v) is 10.9. The molecular formula is C12H21N3O4. The molecule has 0 radical (unpaired) electrons. The third kappa shape index (κ3) is 5.69. The van der Waals surface area contributed by atoms with Gasteiger partial charge in [0, 0.05) is 19.5 Å². The van der Waals surface area contributed by atoms with Crippen LogP contribution < -0.4 is 11.2 Å². The van der Waals surface area contributed by atoms with Crippen molar-refractivity contribution in [2.45, 2.75) is 38.5 Å². The Morgan fingerprint density at radius 2 is 1.89 bits per heavy atom. The van der Waals surface area contributed by atoms with Crippen molar-refractivity contribution >= 4 is 17.7 Å². The molecule has 0 aromatic heterocycles. The maximum atomic E-state index is 11.6. The summed E-state index contributed by atoms with van der Waals surface area (Å²) in [6.07, 6.45) is 3.49. The first-order valence-electron chi connectivity index (χ1n) is 6.52. The number of hydrogen-bond acceptors (Lipinski definition) is 4. The average Bonchev–Trinajstić information content (AvgIpc) is 2.38. The number of carbonyl (C=O) groups excluding carboxylic acids is 3. The fraction of sp³-hybridized carbons (Fsp3) is 0.750. The van der Waals surface area contributed by atoms with Gasteiger partial charge in [-0.1, -0.05) is 0 Å². The molecule has 1 fully saturated rings. The zero-order valence-electron chi connectivity index (χ0n) is 10.9. The average molecular weight is 271 g/mol. The van der Waals surface area contributed by atoms with E-state index >= 15 is 0 Å². The van der Waals surface area contributed by atoms with Crippen molar-refractivity contribution < 1.29 is 19.6 Å². The quantitative estimate of drug-likeness (QED) is 0.352. The summed E-state index contributed by atoms with van der Waals surface area (Å²) >= 11 is 0. The molecule has 0 aromatic carbocycles. The Bertz CT molecular complexity index is 338. The Kier molecular flexibility index (Phi) is 6.27. The fourth-order valence-corrected chi connectivity index (χ4v) is 2.34. The summed E-state index contributed by atoms with van der Waals surface area (Å²) in [6, 6.07) is 0. The van der Waals surface area contributed by atoms with Gasteiger partial charge in [-0.05, 0) is 31.6 Å². The first-order valence-corrected chi connectivity index (χ1v) is 6.52. The highest BCUT2D eigenvalue weighted by atomic mass is 16.5. The second-order valence-electron chi connectivity index (χ2n) is 4.89. The second-order valence-corrected chi connectivity index (χ2v) is 4.89. The number of amides is 3. The van der Waals surface area contributed by atoms with E-state index in [0.717, 1.165) is 25.7 Å². The molecule has 0 saturated carbocycles. The predicted octanol–water partition coefficient (Wildman–Crippen LogP) is -0.224. The number of hydrogen-bond donors (Lipinski definition) is 3. The number of piperidine rings is 1. The van der Waals surface area contributed by atoms with Crippen molar-refractivity contribution in [3.63, 3.8) is 0 Å². The smallest absolute Gasteiger partial charge is 0.243 e. The van der Waals surface area contributed by atoms with Gasteiger partial charge in [-0.15, -0.1) is 0 Å². The van der Waals surface area contributed by atoms with Gasteiger partial charge in [-0.3, -0.25) is 19.6 Å². The van der Waals surface area contributed by atoms with E-state index in [1.54, 1.807) is 10.4 Å². The van der Waals surface area contributed by atoms with E-state index in [2.05, 4.69) is 0 Å². The van der Waals surface area contributed by atoms with Crippen LogP contribution in [0, 0.1) is 5.92 Å². The van der Waals surface area contributed by atoms with E-state index in [-0.39, 0.29) is 18.2 Å². The third-order valence-corrected chi connectivity index (χ3v) is 3.43. The second kappa shape index (κ2) is 7.73. The molecule has 0 bridgehead atoms. The van der Waals surface area contributed by atoms with E-state index in [9.17, 15) is 14.4 Å². The molecule has 7 nitrogen and oxygen atoms in total. The number of carbonyl (C=O) groups is 3. The topological polar surface area (TPSA) is 113 Å². The van der Waals surface area contributed by atoms with E-state index in [4.69, 9.17) is 10.9 Å². The minimum atomic E-state index is -0.595. The van der Waals surface area contributed by atoms with Crippen molar-refractivity contribution in [2.75, 3.05) is 13.1 Å². The van der Waals surface area contributed by atoms with Crippen molar-refractivity contribution in [1.29, 1.82) is 0 Å². The standard InChI is InChI=1S/C12H21N3O4/c13-10(16)8-12(18)15-6-4-9(5-7-15)2-1-3-11(17)14-19/h9,19H,1-8H2,(H2,13,16)(H,14,17). The molecule has 0 atom stereocenters. The first kappa shape index (κ1) is 15.4. The summed E-state index contributed by atoms with van der Waals surface area (Å²) in [6.45, 7) is 1.28. The van der Waals surface area contributed by atoms with Crippen molar-refractivity contribution in [3.05, 3.63) is 0 Å². The number of hydroxylamine groups is 1. The molecule has 1 heterocycles. The van der Waals surface area contributed by atoms with Crippen LogP contribution in [-0.2, 0) is 14.4 Å². The molecule has 1 aliphatic heterocycles. The van der Waals surface area contributed by atoms with E-state index in [0.29, 0.717) is 25.4 Å². The van der Waals surface area contributed by atoms with Crippen LogP contribution >= 0.6 is 0 Å². The normalized spacial score (nSPS) is 16.2. The van der Waals surface area contributed by atoms with Crippen LogP contribution in [0.3, 0.4) is 0 Å². The highest BCUT2D eigenvalue weighted by Gasteiger charge is 2.23. The fourth-order valence-electron chi connectivity index (χ4n) is 2.34. The zero-order chi connectivity index (χ0) is 14.3. The van der Waals surface area contributed by atoms with E-state index in [1.165, 1.54) is 0 Å². The van der Waals surface area contributed by atoms with Crippen LogP contribution in [-0.4, -0.2) is 40.9 Å². The Balaban J connectivity index is 2.20. The number of nitrogens with two attached hydrogens (primary N) is 1. The summed E-state index contributed by atoms with van der Waals surface area (Å²) in [7, 11) is 0. The summed E-state index contributed by atoms with van der Waals surface area (Å²) in [5, 5.41) is 8.36. The molecule has 4 N–H and O–H groups in total. The molecular weight excluding hydrogens is 250 g/mol. The first-order chi connectivity index (χ1) is 9.02. The highest BCUT2D eigenvalue weighted by molar-refractivity contribution is 5.96. The Morgan fingerprint density at radius 3 is 2.42 bits per heavy atom. The van der Waals surface area contributed by atoms with Gasteiger partial charge >= 0.3 is 0 Å². The highest BCUT2D eigenvalue weighted by Crippen LogP contribution is 2.22. The molecule has 0 unspecified atom stereocenters. The summed E-state index contributed by atoms with van der Waals surface area (Å²) in [4.78, 5) is 34.8. The Labute approximate surface area is 112 Å². The minimum Gasteiger partial charge on any atom is -0.369 e. The van der Waals surface area contributed by atoms with Crippen LogP contribution in [0.4, 0.5) is 0 Å². The molecule has 1 rings (SSSR count). The molecule has 7 heteroatoms. The van der Waals surface area contributed by atoms with Crippen LogP contribution in [0.1, 0.15) is 38.5 Å². The number of likely N-dealkylation sites (tertiary alicyclic amines) is 1. The van der Waals surface area contributed by atoms with Gasteiger partial charge in [0.2, 0.25) is 17.7 Å². The van der Waals surface area contributed by atoms with Gasteiger partial charge < -0.3 is 10.6 Å². The van der Waals surface area contributed by atoms with Crippen LogP contribution in [0.25, 0.3) is 0 Å². The maximum Gasteiger partial charge on any atom is 0.243 e. The van der Waals surface area contributed by atoms with Gasteiger partial charge in [-0.2, -0.15) is 0 Å². The third-order valence-electron chi connectivity index (χ3n) is 3.43. The lowest BCUT2D eigenvalue weighted by Gasteiger charge is -2.31. The Hall–Kier alpha value is -1.63. The number of primary amides is 1. The molecule has 1 saturated heterocycles. The SMILES string of the molecule is NC(=O)CC(=O)N1CCC(CCCC(=O)NO)CC1. The van der Waals surface area contributed by atoms with Crippen LogP contribution in [0.5, 0.6) is 0 Å². The monoisotopic (exact) mass is 271 g/mol. The lowest BCUT2D eigenvalue weighted by molar-refractivity contribution is -0.136. The summed E-state index contributed by atoms with van der Waals surface area (Å²) < 4.78 is 0. The molecule has 1 aliphatic rings. The molecule has 19 heavy (non-hydrogen) atoms. The summed E-state index contributed by atoms with van der Waals surface area (Å²) in [5.74, 6) is -0.675. The van der Waals surface area contributed by atoms with Gasteiger partial charge in [-0.25, -0.2) is 5.48 Å². The van der Waals surface area contributed by atoms with Crippen LogP contribution in [0.15, 0.2) is 0 Å². The minimum absolute atomic E-state index is 0.203. The lowest BCUT2D eigenvalue weighted by atomic mass is 9.91. The van der Waals surface area contributed by atoms with Crippen molar-refractivity contribution in [2.24, 2.45) is 11.7 Å². The van der Waals surface area contributed by atoms with Gasteiger partial charge in [0.25, 0.3) is 0 Å². The molecule has 0 aromatic rings. The van der Waals surface area contributed by atoms with Crippen LogP contribution in [0.2, 0.25) is 0 Å². The van der Waals surface area contributed by atoms with Gasteiger partial charge in [0.15, 0.2) is 0 Å².